The number of carbonyl (C=O) groups is 1. The summed E-state index contributed by atoms with van der Waals surface area (Å²) in [7, 11) is 2.09. The second kappa shape index (κ2) is 11.1. The van der Waals surface area contributed by atoms with Crippen LogP contribution in [0.15, 0.2) is 29.3 Å². The Morgan fingerprint density at radius 3 is 2.14 bits per heavy atom. The summed E-state index contributed by atoms with van der Waals surface area (Å²) in [6, 6.07) is 6.09. The van der Waals surface area contributed by atoms with Gasteiger partial charge in [0.25, 0.3) is 0 Å². The van der Waals surface area contributed by atoms with E-state index in [9.17, 15) is 18.0 Å². The number of amidine groups is 1. The molecule has 0 radical (unpaired) electrons. The molecule has 1 saturated heterocycles. The Kier molecular flexibility index (Phi) is 9.52. The number of benzene rings is 1. The largest absolute Gasteiger partial charge is 0.416 e. The van der Waals surface area contributed by atoms with Gasteiger partial charge in [0.2, 0.25) is 0 Å². The molecule has 0 amide bonds. The van der Waals surface area contributed by atoms with Gasteiger partial charge in [-0.15, -0.1) is 0 Å². The number of aldehydes is 1. The van der Waals surface area contributed by atoms with Crippen molar-refractivity contribution in [3.8, 4) is 0 Å². The summed E-state index contributed by atoms with van der Waals surface area (Å²) in [6.45, 7) is 7.72. The molecule has 0 spiro atoms. The van der Waals surface area contributed by atoms with E-state index in [0.717, 1.165) is 25.9 Å². The first-order valence-corrected chi connectivity index (χ1v) is 9.63. The van der Waals surface area contributed by atoms with Crippen molar-refractivity contribution < 1.29 is 18.0 Å². The number of rotatable bonds is 2. The zero-order chi connectivity index (χ0) is 21.3. The number of hydrogen-bond acceptors (Lipinski definition) is 3. The van der Waals surface area contributed by atoms with Gasteiger partial charge in [-0.3, -0.25) is 10.2 Å². The number of alkyl halides is 3. The lowest BCUT2D eigenvalue weighted by Crippen LogP contribution is -2.17. The Hall–Kier alpha value is -2.02. The number of carbonyl (C=O) groups excluding carboxylic acids is 1. The summed E-state index contributed by atoms with van der Waals surface area (Å²) in [5.74, 6) is 1.01. The molecular formula is C21H30F3N3O. The normalized spacial score (nSPS) is 24.0. The standard InChI is InChI=1S/C15H18F3N.C4H6N2O.C2H6/c1-19-8-11-6-10(7-12(11)9-19)13-4-2-3-5-14(13)15(16,17)18;1-2-6-4(5)3-7;1-2/h2-5,10-12H,6-9H2,1H3;2-3,5H,1H3;1-2H3/t10?,11-,12+;;. The van der Waals surface area contributed by atoms with Gasteiger partial charge in [-0.1, -0.05) is 32.0 Å². The van der Waals surface area contributed by atoms with E-state index in [0.29, 0.717) is 23.7 Å². The van der Waals surface area contributed by atoms with Crippen molar-refractivity contribution in [3.63, 3.8) is 0 Å². The number of likely N-dealkylation sites (tertiary alicyclic amines) is 1. The SMILES string of the molecule is CC.CC=NC(=N)C=O.CN1C[C@H]2CC(c3ccccc3C(F)(F)F)C[C@H]2C1. The van der Waals surface area contributed by atoms with Crippen molar-refractivity contribution in [1.29, 1.82) is 5.41 Å². The molecule has 28 heavy (non-hydrogen) atoms. The third-order valence-corrected chi connectivity index (χ3v) is 5.02. The van der Waals surface area contributed by atoms with E-state index in [2.05, 4.69) is 16.9 Å². The Bertz CT molecular complexity index is 659. The average Bonchev–Trinajstić information content (AvgIpc) is 3.21. The summed E-state index contributed by atoms with van der Waals surface area (Å²) in [5.41, 5.74) is 0.0698. The summed E-state index contributed by atoms with van der Waals surface area (Å²) in [6.07, 6.45) is -0.633. The fourth-order valence-corrected chi connectivity index (χ4v) is 4.07. The average molecular weight is 397 g/mol. The molecule has 1 aromatic rings. The Morgan fingerprint density at radius 2 is 1.71 bits per heavy atom. The van der Waals surface area contributed by atoms with E-state index < -0.39 is 11.7 Å². The molecule has 1 aliphatic carbocycles. The van der Waals surface area contributed by atoms with Gasteiger partial charge in [0.1, 0.15) is 0 Å². The Morgan fingerprint density at radius 1 is 1.18 bits per heavy atom. The predicted molar refractivity (Wildman–Crippen MR) is 107 cm³/mol. The van der Waals surface area contributed by atoms with Gasteiger partial charge >= 0.3 is 6.18 Å². The van der Waals surface area contributed by atoms with Gasteiger partial charge in [0, 0.05) is 19.3 Å². The van der Waals surface area contributed by atoms with E-state index in [1.807, 2.05) is 13.8 Å². The molecule has 156 valence electrons. The third kappa shape index (κ3) is 6.55. The number of fused-ring (bicyclic) bond motifs is 1. The lowest BCUT2D eigenvalue weighted by atomic mass is 9.91. The van der Waals surface area contributed by atoms with Crippen LogP contribution in [-0.4, -0.2) is 43.4 Å². The van der Waals surface area contributed by atoms with Crippen molar-refractivity contribution >= 4 is 18.3 Å². The first-order chi connectivity index (χ1) is 13.3. The second-order valence-electron chi connectivity index (χ2n) is 6.89. The summed E-state index contributed by atoms with van der Waals surface area (Å²) in [4.78, 5) is 15.2. The van der Waals surface area contributed by atoms with Crippen LogP contribution in [0.25, 0.3) is 0 Å². The molecule has 3 atom stereocenters. The first kappa shape index (κ1) is 24.0. The minimum Gasteiger partial charge on any atom is -0.306 e. The molecule has 1 heterocycles. The van der Waals surface area contributed by atoms with Crippen molar-refractivity contribution in [2.75, 3.05) is 20.1 Å². The highest BCUT2D eigenvalue weighted by atomic mass is 19.4. The minimum atomic E-state index is -4.23. The highest BCUT2D eigenvalue weighted by molar-refractivity contribution is 6.27. The molecule has 2 fully saturated rings. The summed E-state index contributed by atoms with van der Waals surface area (Å²) in [5, 5.41) is 6.57. The second-order valence-corrected chi connectivity index (χ2v) is 6.89. The molecule has 2 aliphatic rings. The molecular weight excluding hydrogens is 367 g/mol. The van der Waals surface area contributed by atoms with Gasteiger partial charge in [-0.05, 0) is 56.2 Å². The number of aliphatic imine (C=N–C) groups is 1. The smallest absolute Gasteiger partial charge is 0.306 e. The van der Waals surface area contributed by atoms with Crippen LogP contribution >= 0.6 is 0 Å². The van der Waals surface area contributed by atoms with Crippen LogP contribution in [0.1, 0.15) is 50.7 Å². The minimum absolute atomic E-state index is 0.0847. The summed E-state index contributed by atoms with van der Waals surface area (Å²) < 4.78 is 39.1. The highest BCUT2D eigenvalue weighted by Crippen LogP contribution is 2.48. The fourth-order valence-electron chi connectivity index (χ4n) is 4.07. The number of hydrogen-bond donors (Lipinski definition) is 1. The van der Waals surface area contributed by atoms with Crippen LogP contribution in [0.3, 0.4) is 0 Å². The zero-order valence-electron chi connectivity index (χ0n) is 17.0. The van der Waals surface area contributed by atoms with Gasteiger partial charge in [0.15, 0.2) is 12.1 Å². The van der Waals surface area contributed by atoms with Crippen LogP contribution in [0.4, 0.5) is 13.2 Å². The lowest BCUT2D eigenvalue weighted by molar-refractivity contribution is -0.138. The van der Waals surface area contributed by atoms with Crippen molar-refractivity contribution in [1.82, 2.24) is 4.90 Å². The molecule has 0 aromatic heterocycles. The molecule has 1 aromatic carbocycles. The topological polar surface area (TPSA) is 56.5 Å². The van der Waals surface area contributed by atoms with E-state index in [4.69, 9.17) is 5.41 Å². The number of halogens is 3. The summed E-state index contributed by atoms with van der Waals surface area (Å²) >= 11 is 0. The predicted octanol–water partition coefficient (Wildman–Crippen LogP) is 5.04. The van der Waals surface area contributed by atoms with E-state index >= 15 is 0 Å². The maximum absolute atomic E-state index is 13.0. The molecule has 0 bridgehead atoms. The number of nitrogens with zero attached hydrogens (tertiary/aromatic N) is 2. The monoisotopic (exact) mass is 397 g/mol. The fraction of sp³-hybridized carbons (Fsp3) is 0.571. The van der Waals surface area contributed by atoms with Crippen LogP contribution in [-0.2, 0) is 11.0 Å². The van der Waals surface area contributed by atoms with Crippen molar-refractivity contribution in [3.05, 3.63) is 35.4 Å². The molecule has 3 rings (SSSR count). The van der Waals surface area contributed by atoms with Gasteiger partial charge in [0.05, 0.1) is 5.56 Å². The highest BCUT2D eigenvalue weighted by Gasteiger charge is 2.43. The number of nitrogens with one attached hydrogen (secondary N) is 1. The molecule has 1 aliphatic heterocycles. The quantitative estimate of drug-likeness (QED) is 0.432. The van der Waals surface area contributed by atoms with Crippen LogP contribution in [0.5, 0.6) is 0 Å². The third-order valence-electron chi connectivity index (χ3n) is 5.02. The van der Waals surface area contributed by atoms with E-state index in [1.54, 1.807) is 19.1 Å². The molecule has 1 N–H and O–H groups in total. The van der Waals surface area contributed by atoms with Crippen LogP contribution in [0.2, 0.25) is 0 Å². The maximum Gasteiger partial charge on any atom is 0.416 e. The van der Waals surface area contributed by atoms with E-state index in [1.165, 1.54) is 18.3 Å². The lowest BCUT2D eigenvalue weighted by Gasteiger charge is -2.19. The Labute approximate surface area is 165 Å². The molecule has 7 heteroatoms. The first-order valence-electron chi connectivity index (χ1n) is 9.63. The van der Waals surface area contributed by atoms with Crippen LogP contribution < -0.4 is 0 Å². The van der Waals surface area contributed by atoms with Gasteiger partial charge in [-0.2, -0.15) is 13.2 Å². The molecule has 1 saturated carbocycles. The Balaban J connectivity index is 0.000000372. The zero-order valence-corrected chi connectivity index (χ0v) is 17.0. The van der Waals surface area contributed by atoms with Crippen molar-refractivity contribution in [2.24, 2.45) is 16.8 Å². The molecule has 1 unspecified atom stereocenters. The maximum atomic E-state index is 13.0. The van der Waals surface area contributed by atoms with Crippen LogP contribution in [0, 0.1) is 17.2 Å². The van der Waals surface area contributed by atoms with Gasteiger partial charge in [-0.25, -0.2) is 4.99 Å². The van der Waals surface area contributed by atoms with E-state index in [-0.39, 0.29) is 11.8 Å². The molecule has 4 nitrogen and oxygen atoms in total. The van der Waals surface area contributed by atoms with Crippen molar-refractivity contribution in [2.45, 2.75) is 45.7 Å². The van der Waals surface area contributed by atoms with Gasteiger partial charge < -0.3 is 4.90 Å².